The number of rotatable bonds is 10. The molecule has 0 heterocycles. The van der Waals surface area contributed by atoms with Crippen LogP contribution < -0.4 is 10.6 Å². The molecular weight excluding hydrogens is 496 g/mol. The average molecular weight is 529 g/mol. The van der Waals surface area contributed by atoms with E-state index >= 15 is 0 Å². The first-order chi connectivity index (χ1) is 18.9. The van der Waals surface area contributed by atoms with Gasteiger partial charge in [0.25, 0.3) is 0 Å². The van der Waals surface area contributed by atoms with Crippen molar-refractivity contribution in [2.45, 2.75) is 50.5 Å². The molecule has 3 aromatic carbocycles. The van der Waals surface area contributed by atoms with E-state index in [0.29, 0.717) is 12.8 Å². The molecule has 0 spiro atoms. The maximum absolute atomic E-state index is 12.7. The summed E-state index contributed by atoms with van der Waals surface area (Å²) < 4.78 is 11.3. The Labute approximate surface area is 227 Å². The fraction of sp³-hybridized carbons (Fsp3) is 0.323. The molecule has 2 amide bonds. The minimum Gasteiger partial charge on any atom is -0.480 e. The maximum atomic E-state index is 12.7. The van der Waals surface area contributed by atoms with Crippen LogP contribution in [0.25, 0.3) is 11.1 Å². The molecule has 1 saturated carbocycles. The van der Waals surface area contributed by atoms with Crippen molar-refractivity contribution in [2.75, 3.05) is 6.61 Å². The molecule has 0 aromatic heterocycles. The van der Waals surface area contributed by atoms with Crippen LogP contribution in [-0.2, 0) is 25.7 Å². The monoisotopic (exact) mass is 528 g/mol. The van der Waals surface area contributed by atoms with Crippen molar-refractivity contribution in [1.29, 1.82) is 0 Å². The number of amides is 2. The van der Waals surface area contributed by atoms with E-state index in [1.165, 1.54) is 0 Å². The molecule has 0 aliphatic heterocycles. The highest BCUT2D eigenvalue weighted by molar-refractivity contribution is 5.86. The van der Waals surface area contributed by atoms with Gasteiger partial charge < -0.3 is 25.2 Å². The summed E-state index contributed by atoms with van der Waals surface area (Å²) >= 11 is 0. The van der Waals surface area contributed by atoms with Crippen LogP contribution in [0.1, 0.15) is 42.4 Å². The molecule has 0 bridgehead atoms. The van der Waals surface area contributed by atoms with Crippen LogP contribution in [0.2, 0.25) is 0 Å². The lowest BCUT2D eigenvalue weighted by Gasteiger charge is -2.35. The van der Waals surface area contributed by atoms with Gasteiger partial charge in [-0.15, -0.1) is 0 Å². The number of alkyl carbamates (subject to hydrolysis) is 1. The Morgan fingerprint density at radius 3 is 2.10 bits per heavy atom. The fourth-order valence-electron chi connectivity index (χ4n) is 5.31. The number of carboxylic acids is 1. The smallest absolute Gasteiger partial charge is 0.407 e. The summed E-state index contributed by atoms with van der Waals surface area (Å²) in [5, 5.41) is 15.1. The standard InChI is InChI=1S/C31H32N2O6/c1-19(38-17-20-9-3-2-4-10-20)28(30(35)36)33-29(34)21-15-22(16-21)32-31(37)39-18-27-25-13-7-5-11-23(25)24-12-6-8-14-26(24)27/h2-14,19,21-22,27-28H,15-18H2,1H3,(H,32,37)(H,33,34)(H,35,36)/t19-,21?,22?,28+/m1/s1. The first-order valence-corrected chi connectivity index (χ1v) is 13.2. The van der Waals surface area contributed by atoms with Crippen LogP contribution in [0.5, 0.6) is 0 Å². The number of carbonyl (C=O) groups excluding carboxylic acids is 2. The molecule has 3 aromatic rings. The van der Waals surface area contributed by atoms with Crippen molar-refractivity contribution in [3.05, 3.63) is 95.6 Å². The number of fused-ring (bicyclic) bond motifs is 3. The van der Waals surface area contributed by atoms with E-state index in [0.717, 1.165) is 27.8 Å². The SMILES string of the molecule is C[C@@H](OCc1ccccc1)[C@H](NC(=O)C1CC(NC(=O)OCC2c3ccccc3-c3ccccc32)C1)C(=O)O. The van der Waals surface area contributed by atoms with Gasteiger partial charge in [0.2, 0.25) is 5.91 Å². The molecule has 8 heteroatoms. The molecule has 0 radical (unpaired) electrons. The van der Waals surface area contributed by atoms with E-state index in [2.05, 4.69) is 34.9 Å². The lowest BCUT2D eigenvalue weighted by molar-refractivity contribution is -0.147. The van der Waals surface area contributed by atoms with Crippen molar-refractivity contribution in [3.8, 4) is 11.1 Å². The predicted molar refractivity (Wildman–Crippen MR) is 145 cm³/mol. The van der Waals surface area contributed by atoms with E-state index in [1.54, 1.807) is 6.92 Å². The molecule has 8 nitrogen and oxygen atoms in total. The van der Waals surface area contributed by atoms with Gasteiger partial charge >= 0.3 is 12.1 Å². The van der Waals surface area contributed by atoms with Crippen molar-refractivity contribution in [2.24, 2.45) is 5.92 Å². The predicted octanol–water partition coefficient (Wildman–Crippen LogP) is 4.48. The van der Waals surface area contributed by atoms with E-state index < -0.39 is 24.2 Å². The van der Waals surface area contributed by atoms with Gasteiger partial charge in [-0.25, -0.2) is 9.59 Å². The van der Waals surface area contributed by atoms with Gasteiger partial charge in [0.1, 0.15) is 6.61 Å². The minimum atomic E-state index is -1.17. The Bertz CT molecular complexity index is 1290. The number of ether oxygens (including phenoxy) is 2. The highest BCUT2D eigenvalue weighted by Crippen LogP contribution is 2.44. The van der Waals surface area contributed by atoms with Crippen LogP contribution in [0, 0.1) is 5.92 Å². The molecular formula is C31H32N2O6. The maximum Gasteiger partial charge on any atom is 0.407 e. The number of carbonyl (C=O) groups is 3. The summed E-state index contributed by atoms with van der Waals surface area (Å²) in [6, 6.07) is 24.3. The van der Waals surface area contributed by atoms with Gasteiger partial charge in [0, 0.05) is 17.9 Å². The van der Waals surface area contributed by atoms with E-state index in [9.17, 15) is 19.5 Å². The highest BCUT2D eigenvalue weighted by Gasteiger charge is 2.38. The van der Waals surface area contributed by atoms with Gasteiger partial charge in [-0.05, 0) is 47.6 Å². The second-order valence-electron chi connectivity index (χ2n) is 10.2. The Kier molecular flexibility index (Phi) is 7.93. The van der Waals surface area contributed by atoms with Gasteiger partial charge in [-0.3, -0.25) is 4.79 Å². The fourth-order valence-corrected chi connectivity index (χ4v) is 5.31. The summed E-state index contributed by atoms with van der Waals surface area (Å²) in [4.78, 5) is 37.0. The zero-order valence-corrected chi connectivity index (χ0v) is 21.7. The molecule has 3 N–H and O–H groups in total. The number of hydrogen-bond donors (Lipinski definition) is 3. The van der Waals surface area contributed by atoms with Crippen LogP contribution >= 0.6 is 0 Å². The van der Waals surface area contributed by atoms with Crippen LogP contribution in [0.3, 0.4) is 0 Å². The largest absolute Gasteiger partial charge is 0.480 e. The van der Waals surface area contributed by atoms with Crippen molar-refractivity contribution >= 4 is 18.0 Å². The number of nitrogens with one attached hydrogen (secondary N) is 2. The minimum absolute atomic E-state index is 0.0258. The van der Waals surface area contributed by atoms with E-state index in [-0.39, 0.29) is 37.0 Å². The molecule has 39 heavy (non-hydrogen) atoms. The van der Waals surface area contributed by atoms with Crippen molar-refractivity contribution in [1.82, 2.24) is 10.6 Å². The quantitative estimate of drug-likeness (QED) is 0.358. The number of benzene rings is 3. The zero-order valence-electron chi connectivity index (χ0n) is 21.7. The van der Waals surface area contributed by atoms with Crippen LogP contribution in [0.15, 0.2) is 78.9 Å². The zero-order chi connectivity index (χ0) is 27.4. The lowest BCUT2D eigenvalue weighted by Crippen LogP contribution is -2.55. The topological polar surface area (TPSA) is 114 Å². The Morgan fingerprint density at radius 2 is 1.49 bits per heavy atom. The molecule has 0 unspecified atom stereocenters. The van der Waals surface area contributed by atoms with Crippen molar-refractivity contribution < 1.29 is 29.0 Å². The van der Waals surface area contributed by atoms with Crippen molar-refractivity contribution in [3.63, 3.8) is 0 Å². The van der Waals surface area contributed by atoms with Gasteiger partial charge in [0.15, 0.2) is 6.04 Å². The normalized spacial score (nSPS) is 19.1. The summed E-state index contributed by atoms with van der Waals surface area (Å²) in [6.45, 7) is 2.10. The molecule has 202 valence electrons. The highest BCUT2D eigenvalue weighted by atomic mass is 16.5. The molecule has 0 saturated heterocycles. The van der Waals surface area contributed by atoms with Gasteiger partial charge in [-0.1, -0.05) is 78.9 Å². The van der Waals surface area contributed by atoms with Crippen LogP contribution in [0.4, 0.5) is 4.79 Å². The first-order valence-electron chi connectivity index (χ1n) is 13.2. The number of carboxylic acid groups (broad SMARTS) is 1. The van der Waals surface area contributed by atoms with Gasteiger partial charge in [-0.2, -0.15) is 0 Å². The summed E-state index contributed by atoms with van der Waals surface area (Å²) in [6.07, 6.45) is -0.406. The third kappa shape index (κ3) is 5.96. The third-order valence-corrected chi connectivity index (χ3v) is 7.56. The van der Waals surface area contributed by atoms with Crippen LogP contribution in [-0.4, -0.2) is 47.9 Å². The summed E-state index contributed by atoms with van der Waals surface area (Å²) in [5.41, 5.74) is 5.52. The molecule has 2 aliphatic rings. The summed E-state index contributed by atoms with van der Waals surface area (Å²) in [7, 11) is 0. The van der Waals surface area contributed by atoms with Gasteiger partial charge in [0.05, 0.1) is 12.7 Å². The summed E-state index contributed by atoms with van der Waals surface area (Å²) in [5.74, 6) is -1.92. The Balaban J connectivity index is 1.07. The molecule has 2 atom stereocenters. The third-order valence-electron chi connectivity index (χ3n) is 7.56. The van der Waals surface area contributed by atoms with E-state index in [1.807, 2.05) is 54.6 Å². The average Bonchev–Trinajstić information content (AvgIpc) is 3.25. The number of aliphatic carboxylic acids is 1. The molecule has 5 rings (SSSR count). The molecule has 1 fully saturated rings. The second-order valence-corrected chi connectivity index (χ2v) is 10.2. The Morgan fingerprint density at radius 1 is 0.897 bits per heavy atom. The molecule has 2 aliphatic carbocycles. The Hall–Kier alpha value is -4.17. The first kappa shape index (κ1) is 26.4. The second kappa shape index (κ2) is 11.7. The van der Waals surface area contributed by atoms with E-state index in [4.69, 9.17) is 9.47 Å². The lowest BCUT2D eigenvalue weighted by atomic mass is 9.79. The number of hydrogen-bond acceptors (Lipinski definition) is 5.